The summed E-state index contributed by atoms with van der Waals surface area (Å²) in [5.41, 5.74) is -1.25. The summed E-state index contributed by atoms with van der Waals surface area (Å²) in [5, 5.41) is 11.4. The highest BCUT2D eigenvalue weighted by atomic mass is 16.5. The third kappa shape index (κ3) is 4.18. The van der Waals surface area contributed by atoms with E-state index < -0.39 is 11.5 Å². The number of hydrogen-bond acceptors (Lipinski definition) is 3. The Morgan fingerprint density at radius 2 is 1.94 bits per heavy atom. The smallest absolute Gasteiger partial charge is 0.328 e. The van der Waals surface area contributed by atoms with Crippen molar-refractivity contribution >= 4 is 12.0 Å². The minimum atomic E-state index is -1.25. The molecule has 0 aromatic heterocycles. The summed E-state index contributed by atoms with van der Waals surface area (Å²) in [5.74, 6) is -0.613. The second-order valence-electron chi connectivity index (χ2n) is 5.30. The van der Waals surface area contributed by atoms with Crippen LogP contribution in [-0.4, -0.2) is 54.4 Å². The predicted octanol–water partition coefficient (Wildman–Crippen LogP) is 0.918. The monoisotopic (exact) mass is 258 g/mol. The molecule has 1 fully saturated rings. The van der Waals surface area contributed by atoms with Crippen molar-refractivity contribution in [3.8, 4) is 0 Å². The molecule has 0 spiro atoms. The molecule has 104 valence electrons. The molecule has 0 aromatic carbocycles. The van der Waals surface area contributed by atoms with E-state index in [-0.39, 0.29) is 6.03 Å². The summed E-state index contributed by atoms with van der Waals surface area (Å²) in [6.45, 7) is 5.04. The highest BCUT2D eigenvalue weighted by Crippen LogP contribution is 2.15. The van der Waals surface area contributed by atoms with Gasteiger partial charge < -0.3 is 20.1 Å². The van der Waals surface area contributed by atoms with Gasteiger partial charge in [-0.1, -0.05) is 0 Å². The van der Waals surface area contributed by atoms with Crippen LogP contribution in [0.2, 0.25) is 0 Å². The van der Waals surface area contributed by atoms with Gasteiger partial charge >= 0.3 is 12.0 Å². The lowest BCUT2D eigenvalue weighted by Crippen LogP contribution is -2.54. The molecule has 0 aliphatic carbocycles. The third-order valence-corrected chi connectivity index (χ3v) is 3.17. The lowest BCUT2D eigenvalue weighted by atomic mass is 10.00. The van der Waals surface area contributed by atoms with E-state index in [1.165, 1.54) is 13.8 Å². The average Bonchev–Trinajstić information content (AvgIpc) is 2.29. The zero-order valence-corrected chi connectivity index (χ0v) is 11.2. The molecule has 0 atom stereocenters. The second-order valence-corrected chi connectivity index (χ2v) is 5.30. The first-order valence-electron chi connectivity index (χ1n) is 6.17. The van der Waals surface area contributed by atoms with Crippen molar-refractivity contribution in [3.63, 3.8) is 0 Å². The van der Waals surface area contributed by atoms with Crippen LogP contribution in [0.1, 0.15) is 26.7 Å². The zero-order valence-electron chi connectivity index (χ0n) is 11.2. The average molecular weight is 258 g/mol. The van der Waals surface area contributed by atoms with Crippen LogP contribution in [0.3, 0.4) is 0 Å². The van der Waals surface area contributed by atoms with Crippen molar-refractivity contribution in [2.45, 2.75) is 32.2 Å². The fourth-order valence-electron chi connectivity index (χ4n) is 1.82. The molecule has 0 unspecified atom stereocenters. The molecular weight excluding hydrogens is 236 g/mol. The van der Waals surface area contributed by atoms with Crippen molar-refractivity contribution in [1.82, 2.24) is 10.2 Å². The van der Waals surface area contributed by atoms with Crippen molar-refractivity contribution in [3.05, 3.63) is 0 Å². The molecule has 1 aliphatic heterocycles. The minimum absolute atomic E-state index is 0.353. The number of urea groups is 1. The molecule has 0 saturated carbocycles. The number of carboxylic acids is 1. The van der Waals surface area contributed by atoms with E-state index in [1.807, 2.05) is 0 Å². The topological polar surface area (TPSA) is 78.9 Å². The first kappa shape index (κ1) is 14.8. The van der Waals surface area contributed by atoms with Gasteiger partial charge in [0.2, 0.25) is 0 Å². The number of nitrogens with zero attached hydrogens (tertiary/aromatic N) is 1. The standard InChI is InChI=1S/C12H22N2O4/c1-12(2,10(15)16)13-11(17)14(3)8-9-4-6-18-7-5-9/h9H,4-8H2,1-3H3,(H,13,17)(H,15,16). The number of ether oxygens (including phenoxy) is 1. The van der Waals surface area contributed by atoms with E-state index in [0.717, 1.165) is 26.1 Å². The highest BCUT2D eigenvalue weighted by molar-refractivity contribution is 5.85. The summed E-state index contributed by atoms with van der Waals surface area (Å²) in [4.78, 5) is 24.3. The fraction of sp³-hybridized carbons (Fsp3) is 0.833. The molecule has 1 rings (SSSR count). The molecule has 6 heteroatoms. The van der Waals surface area contributed by atoms with Crippen LogP contribution in [0.5, 0.6) is 0 Å². The lowest BCUT2D eigenvalue weighted by molar-refractivity contribution is -0.143. The van der Waals surface area contributed by atoms with Gasteiger partial charge in [0.1, 0.15) is 5.54 Å². The number of carboxylic acid groups (broad SMARTS) is 1. The molecule has 2 N–H and O–H groups in total. The molecule has 0 bridgehead atoms. The molecule has 0 aromatic rings. The van der Waals surface area contributed by atoms with Crippen LogP contribution in [-0.2, 0) is 9.53 Å². The summed E-state index contributed by atoms with van der Waals surface area (Å²) in [6.07, 6.45) is 1.89. The quantitative estimate of drug-likeness (QED) is 0.786. The first-order chi connectivity index (χ1) is 8.33. The van der Waals surface area contributed by atoms with Crippen molar-refractivity contribution < 1.29 is 19.4 Å². The molecule has 2 amide bonds. The Balaban J connectivity index is 2.43. The Bertz CT molecular complexity index is 311. The van der Waals surface area contributed by atoms with Gasteiger partial charge in [-0.15, -0.1) is 0 Å². The molecule has 1 heterocycles. The van der Waals surface area contributed by atoms with Crippen LogP contribution in [0.4, 0.5) is 4.79 Å². The van der Waals surface area contributed by atoms with Gasteiger partial charge in [0.15, 0.2) is 0 Å². The second kappa shape index (κ2) is 6.04. The van der Waals surface area contributed by atoms with Crippen molar-refractivity contribution in [2.75, 3.05) is 26.8 Å². The van der Waals surface area contributed by atoms with Gasteiger partial charge in [0, 0.05) is 26.8 Å². The van der Waals surface area contributed by atoms with Gasteiger partial charge in [0.25, 0.3) is 0 Å². The number of carbonyl (C=O) groups excluding carboxylic acids is 1. The number of rotatable bonds is 4. The van der Waals surface area contributed by atoms with Gasteiger partial charge in [-0.25, -0.2) is 9.59 Å². The number of aliphatic carboxylic acids is 1. The Kier molecular flexibility index (Phi) is 4.95. The van der Waals surface area contributed by atoms with Crippen molar-refractivity contribution in [2.24, 2.45) is 5.92 Å². The normalized spacial score (nSPS) is 17.3. The lowest BCUT2D eigenvalue weighted by Gasteiger charge is -2.30. The van der Waals surface area contributed by atoms with Crippen LogP contribution >= 0.6 is 0 Å². The van der Waals surface area contributed by atoms with E-state index in [4.69, 9.17) is 9.84 Å². The number of carbonyl (C=O) groups is 2. The largest absolute Gasteiger partial charge is 0.480 e. The molecular formula is C12H22N2O4. The van der Waals surface area contributed by atoms with Gasteiger partial charge in [-0.3, -0.25) is 0 Å². The Hall–Kier alpha value is -1.30. The molecule has 0 radical (unpaired) electrons. The van der Waals surface area contributed by atoms with E-state index >= 15 is 0 Å². The van der Waals surface area contributed by atoms with Crippen LogP contribution in [0, 0.1) is 5.92 Å². The Morgan fingerprint density at radius 1 is 1.39 bits per heavy atom. The van der Waals surface area contributed by atoms with Gasteiger partial charge in [0.05, 0.1) is 0 Å². The zero-order chi connectivity index (χ0) is 13.8. The van der Waals surface area contributed by atoms with E-state index in [2.05, 4.69) is 5.32 Å². The summed E-state index contributed by atoms with van der Waals surface area (Å²) >= 11 is 0. The maximum Gasteiger partial charge on any atom is 0.328 e. The third-order valence-electron chi connectivity index (χ3n) is 3.17. The SMILES string of the molecule is CN(CC1CCOCC1)C(=O)NC(C)(C)C(=O)O. The molecule has 18 heavy (non-hydrogen) atoms. The van der Waals surface area contributed by atoms with Crippen LogP contribution in [0.15, 0.2) is 0 Å². The number of amides is 2. The van der Waals surface area contributed by atoms with Crippen LogP contribution in [0.25, 0.3) is 0 Å². The predicted molar refractivity (Wildman–Crippen MR) is 66.4 cm³/mol. The van der Waals surface area contributed by atoms with E-state index in [0.29, 0.717) is 12.5 Å². The maximum atomic E-state index is 11.9. The molecule has 1 saturated heterocycles. The Labute approximate surface area is 107 Å². The highest BCUT2D eigenvalue weighted by Gasteiger charge is 2.30. The summed E-state index contributed by atoms with van der Waals surface area (Å²) < 4.78 is 5.26. The maximum absolute atomic E-state index is 11.9. The van der Waals surface area contributed by atoms with Crippen molar-refractivity contribution in [1.29, 1.82) is 0 Å². The first-order valence-corrected chi connectivity index (χ1v) is 6.17. The van der Waals surface area contributed by atoms with Gasteiger partial charge in [-0.05, 0) is 32.6 Å². The Morgan fingerprint density at radius 3 is 2.44 bits per heavy atom. The fourth-order valence-corrected chi connectivity index (χ4v) is 1.82. The van der Waals surface area contributed by atoms with Crippen LogP contribution < -0.4 is 5.32 Å². The summed E-state index contributed by atoms with van der Waals surface area (Å²) in [7, 11) is 1.68. The van der Waals surface area contributed by atoms with E-state index in [9.17, 15) is 9.59 Å². The summed E-state index contributed by atoms with van der Waals surface area (Å²) in [6, 6.07) is -0.353. The number of hydrogen-bond donors (Lipinski definition) is 2. The molecule has 1 aliphatic rings. The molecule has 6 nitrogen and oxygen atoms in total. The van der Waals surface area contributed by atoms with E-state index in [1.54, 1.807) is 11.9 Å². The minimum Gasteiger partial charge on any atom is -0.480 e. The van der Waals surface area contributed by atoms with Gasteiger partial charge in [-0.2, -0.15) is 0 Å². The number of nitrogens with one attached hydrogen (secondary N) is 1.